The van der Waals surface area contributed by atoms with Gasteiger partial charge in [0.15, 0.2) is 9.84 Å². The van der Waals surface area contributed by atoms with Crippen LogP contribution in [0.1, 0.15) is 30.9 Å². The van der Waals surface area contributed by atoms with Crippen molar-refractivity contribution in [3.8, 4) is 5.75 Å². The number of aryl methyl sites for hydroxylation is 1. The van der Waals surface area contributed by atoms with Crippen molar-refractivity contribution in [2.45, 2.75) is 37.4 Å². The van der Waals surface area contributed by atoms with Gasteiger partial charge in [-0.1, -0.05) is 12.1 Å². The minimum Gasteiger partial charge on any atom is -0.493 e. The molecule has 1 aromatic carbocycles. The summed E-state index contributed by atoms with van der Waals surface area (Å²) in [6.07, 6.45) is 2.91. The van der Waals surface area contributed by atoms with Crippen molar-refractivity contribution < 1.29 is 22.7 Å². The molecule has 3 aliphatic heterocycles. The van der Waals surface area contributed by atoms with Gasteiger partial charge in [0.25, 0.3) is 0 Å². The number of rotatable bonds is 5. The maximum atomic E-state index is 12.7. The lowest BCUT2D eigenvalue weighted by Crippen LogP contribution is -2.69. The predicted octanol–water partition coefficient (Wildman–Crippen LogP) is 1.61. The van der Waals surface area contributed by atoms with E-state index in [1.54, 1.807) is 4.90 Å². The van der Waals surface area contributed by atoms with E-state index in [2.05, 4.69) is 0 Å². The molecule has 4 rings (SSSR count). The number of fused-ring (bicyclic) bond motifs is 1. The molecular formula is C20H27NO5S. The summed E-state index contributed by atoms with van der Waals surface area (Å²) in [6, 6.07) is 5.92. The summed E-state index contributed by atoms with van der Waals surface area (Å²) in [5.74, 6) is 1.11. The van der Waals surface area contributed by atoms with Gasteiger partial charge in [-0.3, -0.25) is 4.79 Å². The highest BCUT2D eigenvalue weighted by molar-refractivity contribution is 7.93. The van der Waals surface area contributed by atoms with E-state index in [9.17, 15) is 13.2 Å². The second kappa shape index (κ2) is 7.09. The maximum Gasteiger partial charge on any atom is 0.227 e. The van der Waals surface area contributed by atoms with E-state index in [1.165, 1.54) is 0 Å². The number of ether oxygens (including phenoxy) is 2. The van der Waals surface area contributed by atoms with Crippen molar-refractivity contribution in [2.75, 3.05) is 38.7 Å². The molecule has 1 atom stereocenters. The first-order valence-corrected chi connectivity index (χ1v) is 11.4. The summed E-state index contributed by atoms with van der Waals surface area (Å²) in [7, 11) is -3.17. The molecule has 0 bridgehead atoms. The van der Waals surface area contributed by atoms with Crippen LogP contribution >= 0.6 is 0 Å². The van der Waals surface area contributed by atoms with Gasteiger partial charge in [0.05, 0.1) is 25.4 Å². The average Bonchev–Trinajstić information content (AvgIpc) is 2.88. The summed E-state index contributed by atoms with van der Waals surface area (Å²) in [5, 5.41) is 0. The number of likely N-dealkylation sites (tertiary alicyclic amines) is 1. The molecule has 0 aromatic heterocycles. The molecule has 0 saturated carbocycles. The fourth-order valence-corrected chi connectivity index (χ4v) is 6.95. The van der Waals surface area contributed by atoms with Crippen LogP contribution in [0.5, 0.6) is 5.75 Å². The Kier molecular flexibility index (Phi) is 4.93. The third-order valence-corrected chi connectivity index (χ3v) is 8.82. The lowest BCUT2D eigenvalue weighted by Gasteiger charge is -2.50. The highest BCUT2D eigenvalue weighted by Gasteiger charge is 2.62. The average molecular weight is 394 g/mol. The second-order valence-corrected chi connectivity index (χ2v) is 10.3. The van der Waals surface area contributed by atoms with Crippen LogP contribution in [0.3, 0.4) is 0 Å². The van der Waals surface area contributed by atoms with Gasteiger partial charge in [0.2, 0.25) is 5.91 Å². The van der Waals surface area contributed by atoms with E-state index >= 15 is 0 Å². The Balaban J connectivity index is 1.42. The van der Waals surface area contributed by atoms with Crippen molar-refractivity contribution in [3.05, 3.63) is 29.3 Å². The number of benzene rings is 1. The number of hydrogen-bond acceptors (Lipinski definition) is 5. The minimum absolute atomic E-state index is 0.00503. The Bertz CT molecular complexity index is 829. The smallest absolute Gasteiger partial charge is 0.227 e. The van der Waals surface area contributed by atoms with Crippen molar-refractivity contribution in [3.63, 3.8) is 0 Å². The quantitative estimate of drug-likeness (QED) is 0.760. The molecule has 6 nitrogen and oxygen atoms in total. The second-order valence-electron chi connectivity index (χ2n) is 7.85. The van der Waals surface area contributed by atoms with E-state index in [4.69, 9.17) is 9.47 Å². The van der Waals surface area contributed by atoms with Crippen LogP contribution in [-0.2, 0) is 32.2 Å². The zero-order chi connectivity index (χ0) is 19.1. The molecule has 0 N–H and O–H groups in total. The topological polar surface area (TPSA) is 72.9 Å². The van der Waals surface area contributed by atoms with E-state index in [1.807, 2.05) is 25.1 Å². The van der Waals surface area contributed by atoms with Crippen LogP contribution in [0.2, 0.25) is 0 Å². The highest BCUT2D eigenvalue weighted by atomic mass is 32.2. The molecule has 1 unspecified atom stereocenters. The SMILES string of the molecule is CCOCC1CCS(=O)(=O)C12CN(C(=O)Cc1ccc3c(c1)CCCO3)C2. The fourth-order valence-electron chi connectivity index (χ4n) is 4.55. The van der Waals surface area contributed by atoms with Gasteiger partial charge >= 0.3 is 0 Å². The zero-order valence-corrected chi connectivity index (χ0v) is 16.6. The molecule has 1 aromatic rings. The van der Waals surface area contributed by atoms with Gasteiger partial charge in [-0.15, -0.1) is 0 Å². The first kappa shape index (κ1) is 18.7. The molecule has 2 fully saturated rings. The summed E-state index contributed by atoms with van der Waals surface area (Å²) in [6.45, 7) is 4.31. The normalized spacial score (nSPS) is 24.9. The summed E-state index contributed by atoms with van der Waals surface area (Å²) >= 11 is 0. The molecular weight excluding hydrogens is 366 g/mol. The Hall–Kier alpha value is -1.60. The number of hydrogen-bond donors (Lipinski definition) is 0. The Morgan fingerprint density at radius 1 is 1.37 bits per heavy atom. The molecule has 27 heavy (non-hydrogen) atoms. The molecule has 7 heteroatoms. The van der Waals surface area contributed by atoms with Crippen molar-refractivity contribution in [1.29, 1.82) is 0 Å². The van der Waals surface area contributed by atoms with E-state index in [0.717, 1.165) is 36.3 Å². The number of amides is 1. The van der Waals surface area contributed by atoms with Crippen LogP contribution in [0.4, 0.5) is 0 Å². The standard InChI is InChI=1S/C20H27NO5S/c1-2-25-12-17-7-9-27(23,24)20(17)13-21(14-20)19(22)11-15-5-6-18-16(10-15)4-3-8-26-18/h5-6,10,17H,2-4,7-9,11-14H2,1H3. The third-order valence-electron chi connectivity index (χ3n) is 6.22. The van der Waals surface area contributed by atoms with Crippen LogP contribution in [0.15, 0.2) is 18.2 Å². The number of carbonyl (C=O) groups excluding carboxylic acids is 1. The Labute approximate surface area is 160 Å². The van der Waals surface area contributed by atoms with Crippen LogP contribution in [-0.4, -0.2) is 62.6 Å². The molecule has 3 heterocycles. The number of carbonyl (C=O) groups is 1. The van der Waals surface area contributed by atoms with Crippen molar-refractivity contribution in [2.24, 2.45) is 5.92 Å². The van der Waals surface area contributed by atoms with Gasteiger partial charge in [-0.25, -0.2) is 8.42 Å². The monoisotopic (exact) mass is 393 g/mol. The zero-order valence-electron chi connectivity index (χ0n) is 15.8. The highest BCUT2D eigenvalue weighted by Crippen LogP contribution is 2.45. The molecule has 0 aliphatic carbocycles. The minimum atomic E-state index is -3.17. The fraction of sp³-hybridized carbons (Fsp3) is 0.650. The summed E-state index contributed by atoms with van der Waals surface area (Å²) < 4.78 is 35.6. The van der Waals surface area contributed by atoms with Crippen molar-refractivity contribution in [1.82, 2.24) is 4.90 Å². The van der Waals surface area contributed by atoms with Crippen LogP contribution in [0.25, 0.3) is 0 Å². The molecule has 3 aliphatic rings. The Morgan fingerprint density at radius 3 is 2.96 bits per heavy atom. The third kappa shape index (κ3) is 3.25. The molecule has 1 spiro atoms. The molecule has 0 radical (unpaired) electrons. The molecule has 148 valence electrons. The van der Waals surface area contributed by atoms with Gasteiger partial charge in [-0.05, 0) is 43.4 Å². The first-order valence-electron chi connectivity index (χ1n) is 9.77. The van der Waals surface area contributed by atoms with E-state index < -0.39 is 14.6 Å². The lowest BCUT2D eigenvalue weighted by molar-refractivity contribution is -0.137. The summed E-state index contributed by atoms with van der Waals surface area (Å²) in [4.78, 5) is 14.4. The molecule has 2 saturated heterocycles. The van der Waals surface area contributed by atoms with Gasteiger partial charge in [0, 0.05) is 25.6 Å². The number of sulfone groups is 1. The first-order chi connectivity index (χ1) is 12.9. The summed E-state index contributed by atoms with van der Waals surface area (Å²) in [5.41, 5.74) is 2.12. The predicted molar refractivity (Wildman–Crippen MR) is 102 cm³/mol. The van der Waals surface area contributed by atoms with E-state index in [-0.39, 0.29) is 17.6 Å². The van der Waals surface area contributed by atoms with Gasteiger partial charge in [-0.2, -0.15) is 0 Å². The van der Waals surface area contributed by atoms with Crippen LogP contribution < -0.4 is 4.74 Å². The lowest BCUT2D eigenvalue weighted by atomic mass is 9.83. The molecule has 1 amide bonds. The van der Waals surface area contributed by atoms with Gasteiger partial charge < -0.3 is 14.4 Å². The number of nitrogens with zero attached hydrogens (tertiary/aromatic N) is 1. The van der Waals surface area contributed by atoms with Crippen molar-refractivity contribution >= 4 is 15.7 Å². The Morgan fingerprint density at radius 2 is 2.19 bits per heavy atom. The largest absolute Gasteiger partial charge is 0.493 e. The van der Waals surface area contributed by atoms with Crippen LogP contribution in [0, 0.1) is 5.92 Å². The van der Waals surface area contributed by atoms with E-state index in [0.29, 0.717) is 39.1 Å². The maximum absolute atomic E-state index is 12.7. The van der Waals surface area contributed by atoms with Gasteiger partial charge in [0.1, 0.15) is 10.5 Å².